The lowest BCUT2D eigenvalue weighted by Crippen LogP contribution is -2.37. The summed E-state index contributed by atoms with van der Waals surface area (Å²) in [5.74, 6) is -0.291. The third-order valence-electron chi connectivity index (χ3n) is 3.54. The third-order valence-corrected chi connectivity index (χ3v) is 3.54. The van der Waals surface area contributed by atoms with Crippen molar-refractivity contribution in [3.05, 3.63) is 35.4 Å². The number of hydrogen-bond acceptors (Lipinski definition) is 4. The summed E-state index contributed by atoms with van der Waals surface area (Å²) in [5.41, 5.74) is 1.51. The zero-order valence-corrected chi connectivity index (χ0v) is 11.6. The van der Waals surface area contributed by atoms with E-state index in [-0.39, 0.29) is 11.6 Å². The fourth-order valence-electron chi connectivity index (χ4n) is 2.42. The molecule has 0 aliphatic carbocycles. The van der Waals surface area contributed by atoms with Gasteiger partial charge in [0.2, 0.25) is 0 Å². The van der Waals surface area contributed by atoms with E-state index in [0.717, 1.165) is 31.6 Å². The zero-order chi connectivity index (χ0) is 13.7. The lowest BCUT2D eigenvalue weighted by Gasteiger charge is -2.23. The van der Waals surface area contributed by atoms with Gasteiger partial charge in [-0.25, -0.2) is 4.79 Å². The second-order valence-electron chi connectivity index (χ2n) is 5.15. The summed E-state index contributed by atoms with van der Waals surface area (Å²) in [6.45, 7) is 4.41. The molecule has 1 aromatic rings. The van der Waals surface area contributed by atoms with Gasteiger partial charge in [-0.05, 0) is 31.4 Å². The molecule has 0 spiro atoms. The number of carbonyl (C=O) groups is 1. The van der Waals surface area contributed by atoms with E-state index in [1.54, 1.807) is 6.07 Å². The van der Waals surface area contributed by atoms with Crippen molar-refractivity contribution in [3.63, 3.8) is 0 Å². The number of carbonyl (C=O) groups excluding carboxylic acids is 1. The molecule has 1 saturated heterocycles. The van der Waals surface area contributed by atoms with E-state index in [0.29, 0.717) is 12.1 Å². The van der Waals surface area contributed by atoms with E-state index in [4.69, 9.17) is 9.47 Å². The average Bonchev–Trinajstić information content (AvgIpc) is 2.85. The van der Waals surface area contributed by atoms with Crippen LogP contribution in [0.15, 0.2) is 24.3 Å². The van der Waals surface area contributed by atoms with Gasteiger partial charge in [0.05, 0.1) is 18.3 Å². The minimum Gasteiger partial charge on any atom is -0.465 e. The summed E-state index contributed by atoms with van der Waals surface area (Å²) in [6.07, 6.45) is 2.20. The summed E-state index contributed by atoms with van der Waals surface area (Å²) in [4.78, 5) is 11.6. The Morgan fingerprint density at radius 2 is 2.26 bits per heavy atom. The van der Waals surface area contributed by atoms with E-state index in [9.17, 15) is 4.79 Å². The predicted molar refractivity (Wildman–Crippen MR) is 73.1 cm³/mol. The van der Waals surface area contributed by atoms with Gasteiger partial charge in [0.15, 0.2) is 0 Å². The minimum atomic E-state index is -0.291. The van der Waals surface area contributed by atoms with Crippen LogP contribution in [0.4, 0.5) is 0 Å². The van der Waals surface area contributed by atoms with Gasteiger partial charge in [0, 0.05) is 19.7 Å². The molecule has 0 saturated carbocycles. The third kappa shape index (κ3) is 3.55. The molecule has 4 nitrogen and oxygen atoms in total. The smallest absolute Gasteiger partial charge is 0.338 e. The first-order chi connectivity index (χ1) is 9.14. The first-order valence-electron chi connectivity index (χ1n) is 6.65. The average molecular weight is 263 g/mol. The number of methoxy groups -OCH3 is 1. The Hall–Kier alpha value is -1.39. The van der Waals surface area contributed by atoms with Crippen molar-refractivity contribution >= 4 is 5.97 Å². The van der Waals surface area contributed by atoms with Crippen LogP contribution in [0.25, 0.3) is 0 Å². The summed E-state index contributed by atoms with van der Waals surface area (Å²) >= 11 is 0. The number of rotatable bonds is 5. The molecule has 1 fully saturated rings. The predicted octanol–water partition coefficient (Wildman–Crippen LogP) is 2.13. The molecule has 0 aromatic heterocycles. The molecule has 2 rings (SSSR count). The SMILES string of the molecule is COC(=O)c1ccccc1CNCC1(C)CCCO1. The van der Waals surface area contributed by atoms with Crippen LogP contribution in [0.1, 0.15) is 35.7 Å². The summed E-state index contributed by atoms with van der Waals surface area (Å²) < 4.78 is 10.5. The molecule has 104 valence electrons. The van der Waals surface area contributed by atoms with Gasteiger partial charge in [-0.2, -0.15) is 0 Å². The van der Waals surface area contributed by atoms with Crippen molar-refractivity contribution in [3.8, 4) is 0 Å². The van der Waals surface area contributed by atoms with Crippen LogP contribution in [-0.2, 0) is 16.0 Å². The van der Waals surface area contributed by atoms with Crippen molar-refractivity contribution in [2.75, 3.05) is 20.3 Å². The van der Waals surface area contributed by atoms with Crippen LogP contribution in [-0.4, -0.2) is 31.8 Å². The molecule has 0 bridgehead atoms. The maximum absolute atomic E-state index is 11.6. The lowest BCUT2D eigenvalue weighted by atomic mass is 10.0. The largest absolute Gasteiger partial charge is 0.465 e. The zero-order valence-electron chi connectivity index (χ0n) is 11.6. The molecule has 1 atom stereocenters. The number of ether oxygens (including phenoxy) is 2. The van der Waals surface area contributed by atoms with Crippen LogP contribution < -0.4 is 5.32 Å². The Kier molecular flexibility index (Phi) is 4.56. The van der Waals surface area contributed by atoms with E-state index in [1.165, 1.54) is 7.11 Å². The summed E-state index contributed by atoms with van der Waals surface area (Å²) in [7, 11) is 1.40. The monoisotopic (exact) mass is 263 g/mol. The van der Waals surface area contributed by atoms with Crippen LogP contribution >= 0.6 is 0 Å². The van der Waals surface area contributed by atoms with E-state index >= 15 is 0 Å². The highest BCUT2D eigenvalue weighted by Gasteiger charge is 2.29. The molecule has 1 aliphatic rings. The van der Waals surface area contributed by atoms with Gasteiger partial charge < -0.3 is 14.8 Å². The van der Waals surface area contributed by atoms with Crippen molar-refractivity contribution in [2.45, 2.75) is 31.9 Å². The quantitative estimate of drug-likeness (QED) is 0.827. The number of nitrogens with one attached hydrogen (secondary N) is 1. The Labute approximate surface area is 114 Å². The molecule has 1 unspecified atom stereocenters. The first-order valence-corrected chi connectivity index (χ1v) is 6.65. The Morgan fingerprint density at radius 1 is 1.47 bits per heavy atom. The molecule has 0 radical (unpaired) electrons. The molecule has 19 heavy (non-hydrogen) atoms. The van der Waals surface area contributed by atoms with Gasteiger partial charge in [0.1, 0.15) is 0 Å². The second kappa shape index (κ2) is 6.17. The van der Waals surface area contributed by atoms with Crippen molar-refractivity contribution in [1.29, 1.82) is 0 Å². The fraction of sp³-hybridized carbons (Fsp3) is 0.533. The molecule has 1 aliphatic heterocycles. The summed E-state index contributed by atoms with van der Waals surface area (Å²) in [5, 5.41) is 3.37. The maximum atomic E-state index is 11.6. The minimum absolute atomic E-state index is 0.0692. The van der Waals surface area contributed by atoms with Crippen LogP contribution in [0, 0.1) is 0 Å². The molecule has 1 aromatic carbocycles. The van der Waals surface area contributed by atoms with Gasteiger partial charge in [-0.1, -0.05) is 18.2 Å². The van der Waals surface area contributed by atoms with E-state index in [1.807, 2.05) is 18.2 Å². The van der Waals surface area contributed by atoms with Crippen molar-refractivity contribution in [2.24, 2.45) is 0 Å². The molecule has 4 heteroatoms. The van der Waals surface area contributed by atoms with E-state index < -0.39 is 0 Å². The second-order valence-corrected chi connectivity index (χ2v) is 5.15. The highest BCUT2D eigenvalue weighted by Crippen LogP contribution is 2.24. The highest BCUT2D eigenvalue weighted by molar-refractivity contribution is 5.90. The Morgan fingerprint density at radius 3 is 2.95 bits per heavy atom. The highest BCUT2D eigenvalue weighted by atomic mass is 16.5. The number of benzene rings is 1. The number of esters is 1. The fourth-order valence-corrected chi connectivity index (χ4v) is 2.42. The van der Waals surface area contributed by atoms with Gasteiger partial charge in [-0.3, -0.25) is 0 Å². The lowest BCUT2D eigenvalue weighted by molar-refractivity contribution is 0.0206. The molecular weight excluding hydrogens is 242 g/mol. The summed E-state index contributed by atoms with van der Waals surface area (Å²) in [6, 6.07) is 7.50. The maximum Gasteiger partial charge on any atom is 0.338 e. The van der Waals surface area contributed by atoms with Crippen LogP contribution in [0.5, 0.6) is 0 Å². The van der Waals surface area contributed by atoms with Crippen LogP contribution in [0.3, 0.4) is 0 Å². The number of hydrogen-bond donors (Lipinski definition) is 1. The molecule has 0 amide bonds. The van der Waals surface area contributed by atoms with Gasteiger partial charge in [-0.15, -0.1) is 0 Å². The van der Waals surface area contributed by atoms with Crippen LogP contribution in [0.2, 0.25) is 0 Å². The van der Waals surface area contributed by atoms with Gasteiger partial charge in [0.25, 0.3) is 0 Å². The van der Waals surface area contributed by atoms with Gasteiger partial charge >= 0.3 is 5.97 Å². The standard InChI is InChI=1S/C15H21NO3/c1-15(8-5-9-19-15)11-16-10-12-6-3-4-7-13(12)14(17)18-2/h3-4,6-7,16H,5,8-11H2,1-2H3. The molecular formula is C15H21NO3. The van der Waals surface area contributed by atoms with Crippen molar-refractivity contribution < 1.29 is 14.3 Å². The first kappa shape index (κ1) is 14.0. The topological polar surface area (TPSA) is 47.6 Å². The molecule has 1 heterocycles. The Bertz CT molecular complexity index is 439. The Balaban J connectivity index is 1.94. The van der Waals surface area contributed by atoms with E-state index in [2.05, 4.69) is 12.2 Å². The van der Waals surface area contributed by atoms with Crippen molar-refractivity contribution in [1.82, 2.24) is 5.32 Å². The normalized spacial score (nSPS) is 22.4. The molecule has 1 N–H and O–H groups in total.